The third kappa shape index (κ3) is 4.02. The summed E-state index contributed by atoms with van der Waals surface area (Å²) >= 11 is 0. The highest BCUT2D eigenvalue weighted by atomic mass is 28.3. The van der Waals surface area contributed by atoms with Crippen molar-refractivity contribution in [2.75, 3.05) is 0 Å². The topological polar surface area (TPSA) is 24.9 Å². The number of nitrogens with one attached hydrogen (secondary N) is 1. The van der Waals surface area contributed by atoms with Crippen LogP contribution in [0.2, 0.25) is 19.6 Å². The summed E-state index contributed by atoms with van der Waals surface area (Å²) in [6, 6.07) is 13.5. The van der Waals surface area contributed by atoms with Crippen LogP contribution in [0, 0.1) is 0 Å². The van der Waals surface area contributed by atoms with E-state index in [1.165, 1.54) is 16.3 Å². The molecule has 1 aromatic carbocycles. The fourth-order valence-corrected chi connectivity index (χ4v) is 3.31. The number of pyridine rings is 1. The van der Waals surface area contributed by atoms with Crippen LogP contribution in [0.4, 0.5) is 0 Å². The Morgan fingerprint density at radius 3 is 2.35 bits per heavy atom. The summed E-state index contributed by atoms with van der Waals surface area (Å²) in [5.74, 6) is 0. The lowest BCUT2D eigenvalue weighted by Crippen LogP contribution is -2.37. The first-order valence-electron chi connectivity index (χ1n) is 7.19. The van der Waals surface area contributed by atoms with E-state index in [9.17, 15) is 0 Å². The minimum atomic E-state index is -1.18. The van der Waals surface area contributed by atoms with Crippen molar-refractivity contribution in [3.05, 3.63) is 59.9 Å². The molecule has 0 aliphatic heterocycles. The SMILES string of the molecule is CC(NCc1ccc([Si](C)(C)C)cc1)c1cccnc1. The Labute approximate surface area is 123 Å². The molecule has 0 bridgehead atoms. The van der Waals surface area contributed by atoms with E-state index in [0.717, 1.165) is 6.54 Å². The molecule has 0 fully saturated rings. The zero-order chi connectivity index (χ0) is 14.6. The lowest BCUT2D eigenvalue weighted by atomic mass is 10.1. The Bertz CT molecular complexity index is 529. The largest absolute Gasteiger partial charge is 0.306 e. The van der Waals surface area contributed by atoms with Gasteiger partial charge in [0.1, 0.15) is 0 Å². The number of nitrogens with zero attached hydrogens (tertiary/aromatic N) is 1. The third-order valence-corrected chi connectivity index (χ3v) is 5.68. The quantitative estimate of drug-likeness (QED) is 0.850. The van der Waals surface area contributed by atoms with Crippen LogP contribution in [0.15, 0.2) is 48.8 Å². The molecule has 3 heteroatoms. The van der Waals surface area contributed by atoms with Crippen molar-refractivity contribution in [1.29, 1.82) is 0 Å². The molecule has 106 valence electrons. The van der Waals surface area contributed by atoms with Gasteiger partial charge in [0.25, 0.3) is 0 Å². The normalized spacial score (nSPS) is 13.2. The average Bonchev–Trinajstić information content (AvgIpc) is 2.45. The summed E-state index contributed by atoms with van der Waals surface area (Å²) in [7, 11) is -1.18. The van der Waals surface area contributed by atoms with Gasteiger partial charge in [-0.1, -0.05) is 55.2 Å². The standard InChI is InChI=1S/C17H24N2Si/c1-14(16-6-5-11-18-13-16)19-12-15-7-9-17(10-8-15)20(2,3)4/h5-11,13-14,19H,12H2,1-4H3. The van der Waals surface area contributed by atoms with Crippen LogP contribution in [0.5, 0.6) is 0 Å². The summed E-state index contributed by atoms with van der Waals surface area (Å²) in [5.41, 5.74) is 2.56. The number of rotatable bonds is 5. The molecule has 0 aliphatic rings. The second kappa shape index (κ2) is 6.33. The van der Waals surface area contributed by atoms with Crippen LogP contribution < -0.4 is 10.5 Å². The van der Waals surface area contributed by atoms with Crippen LogP contribution in [-0.2, 0) is 6.54 Å². The predicted octanol–water partition coefficient (Wildman–Crippen LogP) is 3.48. The maximum absolute atomic E-state index is 4.16. The third-order valence-electron chi connectivity index (χ3n) is 3.62. The molecule has 0 aliphatic carbocycles. The molecule has 1 aromatic heterocycles. The zero-order valence-electron chi connectivity index (χ0n) is 12.9. The lowest BCUT2D eigenvalue weighted by Gasteiger charge is -2.18. The zero-order valence-corrected chi connectivity index (χ0v) is 13.9. The molecular formula is C17H24N2Si. The number of hydrogen-bond acceptors (Lipinski definition) is 2. The first-order chi connectivity index (χ1) is 9.47. The Morgan fingerprint density at radius 2 is 1.80 bits per heavy atom. The Hall–Kier alpha value is -1.45. The number of benzene rings is 1. The fourth-order valence-electron chi connectivity index (χ4n) is 2.14. The number of hydrogen-bond donors (Lipinski definition) is 1. The van der Waals surface area contributed by atoms with Gasteiger partial charge in [-0.3, -0.25) is 4.98 Å². The van der Waals surface area contributed by atoms with Crippen molar-refractivity contribution in [2.24, 2.45) is 0 Å². The van der Waals surface area contributed by atoms with Gasteiger partial charge in [-0.15, -0.1) is 0 Å². The fraction of sp³-hybridized carbons (Fsp3) is 0.353. The Balaban J connectivity index is 1.94. The van der Waals surface area contributed by atoms with E-state index in [4.69, 9.17) is 0 Å². The maximum atomic E-state index is 4.16. The van der Waals surface area contributed by atoms with Gasteiger partial charge >= 0.3 is 0 Å². The van der Waals surface area contributed by atoms with Crippen molar-refractivity contribution in [1.82, 2.24) is 10.3 Å². The van der Waals surface area contributed by atoms with Crippen LogP contribution in [-0.4, -0.2) is 13.1 Å². The second-order valence-corrected chi connectivity index (χ2v) is 11.4. The molecule has 0 radical (unpaired) electrons. The van der Waals surface area contributed by atoms with Gasteiger partial charge in [-0.25, -0.2) is 0 Å². The van der Waals surface area contributed by atoms with Crippen LogP contribution >= 0.6 is 0 Å². The molecule has 2 rings (SSSR count). The summed E-state index contributed by atoms with van der Waals surface area (Å²) in [5, 5.41) is 5.06. The van der Waals surface area contributed by atoms with Crippen molar-refractivity contribution in [3.8, 4) is 0 Å². The van der Waals surface area contributed by atoms with Crippen LogP contribution in [0.1, 0.15) is 24.1 Å². The summed E-state index contributed by atoms with van der Waals surface area (Å²) < 4.78 is 0. The summed E-state index contributed by atoms with van der Waals surface area (Å²) in [4.78, 5) is 4.16. The first kappa shape index (κ1) is 14.9. The highest BCUT2D eigenvalue weighted by Crippen LogP contribution is 2.11. The van der Waals surface area contributed by atoms with Gasteiger partial charge in [0.15, 0.2) is 0 Å². The van der Waals surface area contributed by atoms with Crippen LogP contribution in [0.3, 0.4) is 0 Å². The highest BCUT2D eigenvalue weighted by molar-refractivity contribution is 6.88. The molecule has 20 heavy (non-hydrogen) atoms. The Kier molecular flexibility index (Phi) is 4.73. The van der Waals surface area contributed by atoms with Crippen molar-refractivity contribution < 1.29 is 0 Å². The molecule has 1 atom stereocenters. The van der Waals surface area contributed by atoms with Gasteiger partial charge < -0.3 is 5.32 Å². The molecule has 2 aromatic rings. The van der Waals surface area contributed by atoms with Gasteiger partial charge in [0.2, 0.25) is 0 Å². The summed E-state index contributed by atoms with van der Waals surface area (Å²) in [6.45, 7) is 10.2. The molecule has 0 saturated carbocycles. The van der Waals surface area contributed by atoms with E-state index in [1.54, 1.807) is 0 Å². The Morgan fingerprint density at radius 1 is 1.10 bits per heavy atom. The van der Waals surface area contributed by atoms with Crippen molar-refractivity contribution in [3.63, 3.8) is 0 Å². The number of aromatic nitrogens is 1. The second-order valence-electron chi connectivity index (χ2n) is 6.34. The predicted molar refractivity (Wildman–Crippen MR) is 88.9 cm³/mol. The average molecular weight is 284 g/mol. The molecule has 2 nitrogen and oxygen atoms in total. The van der Waals surface area contributed by atoms with Gasteiger partial charge in [-0.05, 0) is 24.1 Å². The van der Waals surface area contributed by atoms with Gasteiger partial charge in [0.05, 0.1) is 8.07 Å². The van der Waals surface area contributed by atoms with E-state index in [-0.39, 0.29) is 0 Å². The van der Waals surface area contributed by atoms with E-state index in [2.05, 4.69) is 67.2 Å². The van der Waals surface area contributed by atoms with Gasteiger partial charge in [0, 0.05) is 25.0 Å². The minimum Gasteiger partial charge on any atom is -0.306 e. The van der Waals surface area contributed by atoms with E-state index >= 15 is 0 Å². The van der Waals surface area contributed by atoms with E-state index < -0.39 is 8.07 Å². The van der Waals surface area contributed by atoms with Crippen molar-refractivity contribution >= 4 is 13.3 Å². The van der Waals surface area contributed by atoms with E-state index in [1.807, 2.05) is 18.5 Å². The highest BCUT2D eigenvalue weighted by Gasteiger charge is 2.15. The lowest BCUT2D eigenvalue weighted by molar-refractivity contribution is 0.573. The molecule has 1 N–H and O–H groups in total. The monoisotopic (exact) mass is 284 g/mol. The van der Waals surface area contributed by atoms with E-state index in [0.29, 0.717) is 6.04 Å². The maximum Gasteiger partial charge on any atom is 0.0775 e. The molecule has 1 unspecified atom stereocenters. The van der Waals surface area contributed by atoms with Gasteiger partial charge in [-0.2, -0.15) is 0 Å². The van der Waals surface area contributed by atoms with Crippen LogP contribution in [0.25, 0.3) is 0 Å². The smallest absolute Gasteiger partial charge is 0.0775 e. The molecule has 0 spiro atoms. The summed E-state index contributed by atoms with van der Waals surface area (Å²) in [6.07, 6.45) is 3.73. The molecule has 0 amide bonds. The van der Waals surface area contributed by atoms with Crippen molar-refractivity contribution in [2.45, 2.75) is 39.2 Å². The first-order valence-corrected chi connectivity index (χ1v) is 10.7. The molecule has 0 saturated heterocycles. The molecular weight excluding hydrogens is 260 g/mol. The molecule has 1 heterocycles. The minimum absolute atomic E-state index is 0.320.